The average Bonchev–Trinajstić information content (AvgIpc) is 2.88. The first-order chi connectivity index (χ1) is 16.6. The highest BCUT2D eigenvalue weighted by atomic mass is 16.6. The van der Waals surface area contributed by atoms with Gasteiger partial charge in [0.25, 0.3) is 0 Å². The molecule has 0 bridgehead atoms. The van der Waals surface area contributed by atoms with Gasteiger partial charge in [-0.05, 0) is 67.3 Å². The third-order valence-corrected chi connectivity index (χ3v) is 6.18. The topological polar surface area (TPSA) is 59.3 Å². The molecule has 0 heterocycles. The van der Waals surface area contributed by atoms with Crippen LogP contribution in [0.5, 0.6) is 5.75 Å². The molecule has 4 heteroatoms. The number of allylic oxidation sites excluding steroid dienone is 2. The number of hydrogen-bond acceptors (Lipinski definition) is 4. The summed E-state index contributed by atoms with van der Waals surface area (Å²) in [4.78, 5) is 13.0. The lowest BCUT2D eigenvalue weighted by atomic mass is 9.88. The fraction of sp³-hybridized carbons (Fsp3) is 0.400. The van der Waals surface area contributed by atoms with E-state index in [2.05, 4.69) is 13.0 Å². The van der Waals surface area contributed by atoms with Crippen molar-refractivity contribution in [2.75, 3.05) is 6.61 Å². The van der Waals surface area contributed by atoms with Gasteiger partial charge in [-0.25, -0.2) is 4.79 Å². The van der Waals surface area contributed by atoms with Gasteiger partial charge in [-0.15, -0.1) is 0 Å². The Morgan fingerprint density at radius 2 is 1.71 bits per heavy atom. The Morgan fingerprint density at radius 3 is 2.38 bits per heavy atom. The lowest BCUT2D eigenvalue weighted by molar-refractivity contribution is 0.00122. The lowest BCUT2D eigenvalue weighted by Crippen LogP contribution is -2.34. The molecule has 0 aliphatic heterocycles. The predicted molar refractivity (Wildman–Crippen MR) is 136 cm³/mol. The molecule has 0 aromatic heterocycles. The molecule has 178 valence electrons. The van der Waals surface area contributed by atoms with Gasteiger partial charge in [0.15, 0.2) is 0 Å². The molecule has 0 saturated heterocycles. The normalized spacial score (nSPS) is 16.7. The summed E-state index contributed by atoms with van der Waals surface area (Å²) in [6, 6.07) is 16.9. The predicted octanol–water partition coefficient (Wildman–Crippen LogP) is 7.34. The number of carbonyl (C=O) groups excluding carboxylic acids is 1. The van der Waals surface area contributed by atoms with E-state index in [0.717, 1.165) is 24.2 Å². The van der Waals surface area contributed by atoms with E-state index in [0.29, 0.717) is 30.6 Å². The second kappa shape index (κ2) is 13.4. The zero-order valence-electron chi connectivity index (χ0n) is 20.2. The fourth-order valence-electron chi connectivity index (χ4n) is 4.06. The highest BCUT2D eigenvalue weighted by Crippen LogP contribution is 2.30. The minimum atomic E-state index is -0.674. The molecule has 0 N–H and O–H groups in total. The van der Waals surface area contributed by atoms with Crippen LogP contribution in [0.2, 0.25) is 0 Å². The van der Waals surface area contributed by atoms with Crippen LogP contribution in [0.25, 0.3) is 0 Å². The molecule has 0 amide bonds. The SMILES string of the molecule is CCCCCCCCOc1ccc(C(=O)OC2(CCc3ccc(C#N)cc3)C=CC=CC2)cc1. The molecule has 2 aromatic carbocycles. The van der Waals surface area contributed by atoms with Gasteiger partial charge in [0.1, 0.15) is 11.4 Å². The number of hydrogen-bond donors (Lipinski definition) is 0. The molecular formula is C30H35NO3. The Balaban J connectivity index is 1.52. The van der Waals surface area contributed by atoms with Crippen molar-refractivity contribution in [2.45, 2.75) is 70.3 Å². The third-order valence-electron chi connectivity index (χ3n) is 6.18. The number of ether oxygens (including phenoxy) is 2. The Bertz CT molecular complexity index is 999. The second-order valence-corrected chi connectivity index (χ2v) is 8.90. The summed E-state index contributed by atoms with van der Waals surface area (Å²) < 4.78 is 11.9. The molecule has 4 nitrogen and oxygen atoms in total. The van der Waals surface area contributed by atoms with Crippen LogP contribution < -0.4 is 4.74 Å². The zero-order valence-corrected chi connectivity index (χ0v) is 20.2. The van der Waals surface area contributed by atoms with E-state index < -0.39 is 5.60 Å². The number of unbranched alkanes of at least 4 members (excludes halogenated alkanes) is 5. The summed E-state index contributed by atoms with van der Waals surface area (Å²) in [7, 11) is 0. The number of benzene rings is 2. The van der Waals surface area contributed by atoms with Gasteiger partial charge in [0.05, 0.1) is 23.8 Å². The molecule has 34 heavy (non-hydrogen) atoms. The average molecular weight is 458 g/mol. The standard InChI is InChI=1S/C30H35NO3/c1-2-3-4-5-6-10-23-33-28-17-15-27(16-18-28)29(32)34-30(20-8-7-9-21-30)22-19-25-11-13-26(24-31)14-12-25/h7-9,11-18,20H,2-6,10,19,21-23H2,1H3. The molecule has 0 radical (unpaired) electrons. The van der Waals surface area contributed by atoms with Crippen molar-refractivity contribution in [2.24, 2.45) is 0 Å². The molecule has 0 spiro atoms. The summed E-state index contributed by atoms with van der Waals surface area (Å²) >= 11 is 0. The van der Waals surface area contributed by atoms with Gasteiger partial charge in [0, 0.05) is 6.42 Å². The Labute approximate surface area is 203 Å². The zero-order chi connectivity index (χ0) is 24.1. The fourth-order valence-corrected chi connectivity index (χ4v) is 4.06. The monoisotopic (exact) mass is 457 g/mol. The Hall–Kier alpha value is -3.32. The van der Waals surface area contributed by atoms with E-state index in [9.17, 15) is 4.79 Å². The van der Waals surface area contributed by atoms with Crippen LogP contribution in [-0.2, 0) is 11.2 Å². The second-order valence-electron chi connectivity index (χ2n) is 8.90. The van der Waals surface area contributed by atoms with Crippen molar-refractivity contribution in [3.8, 4) is 11.8 Å². The van der Waals surface area contributed by atoms with Gasteiger partial charge in [0.2, 0.25) is 0 Å². The van der Waals surface area contributed by atoms with E-state index >= 15 is 0 Å². The maximum absolute atomic E-state index is 13.0. The number of nitriles is 1. The summed E-state index contributed by atoms with van der Waals surface area (Å²) in [6.45, 7) is 2.92. The Kier molecular flexibility index (Phi) is 9.98. The van der Waals surface area contributed by atoms with Crippen molar-refractivity contribution in [1.29, 1.82) is 5.26 Å². The van der Waals surface area contributed by atoms with Gasteiger partial charge in [-0.2, -0.15) is 5.26 Å². The number of rotatable bonds is 13. The van der Waals surface area contributed by atoms with Crippen LogP contribution in [0.4, 0.5) is 0 Å². The Morgan fingerprint density at radius 1 is 0.971 bits per heavy atom. The summed E-state index contributed by atoms with van der Waals surface area (Å²) in [5, 5.41) is 8.99. The first-order valence-electron chi connectivity index (χ1n) is 12.4. The largest absolute Gasteiger partial charge is 0.494 e. The van der Waals surface area contributed by atoms with E-state index in [4.69, 9.17) is 14.7 Å². The minimum Gasteiger partial charge on any atom is -0.494 e. The first-order valence-corrected chi connectivity index (χ1v) is 12.4. The van der Waals surface area contributed by atoms with E-state index in [1.165, 1.54) is 32.1 Å². The van der Waals surface area contributed by atoms with Gasteiger partial charge in [-0.3, -0.25) is 0 Å². The quantitative estimate of drug-likeness (QED) is 0.233. The van der Waals surface area contributed by atoms with Gasteiger partial charge >= 0.3 is 5.97 Å². The number of nitrogens with zero attached hydrogens (tertiary/aromatic N) is 1. The van der Waals surface area contributed by atoms with Crippen LogP contribution in [0.1, 0.15) is 79.8 Å². The van der Waals surface area contributed by atoms with Crippen molar-refractivity contribution in [3.63, 3.8) is 0 Å². The summed E-state index contributed by atoms with van der Waals surface area (Å²) in [5.41, 5.74) is 1.61. The molecule has 1 aliphatic rings. The van der Waals surface area contributed by atoms with E-state index in [-0.39, 0.29) is 5.97 Å². The van der Waals surface area contributed by atoms with Gasteiger partial charge < -0.3 is 9.47 Å². The van der Waals surface area contributed by atoms with Crippen molar-refractivity contribution in [1.82, 2.24) is 0 Å². The summed E-state index contributed by atoms with van der Waals surface area (Å²) in [5.74, 6) is 0.448. The molecule has 0 fully saturated rings. The number of esters is 1. The first kappa shape index (κ1) is 25.3. The molecule has 1 atom stereocenters. The molecule has 0 saturated carbocycles. The van der Waals surface area contributed by atoms with Gasteiger partial charge in [-0.1, -0.05) is 69.4 Å². The maximum atomic E-state index is 13.0. The van der Waals surface area contributed by atoms with Crippen LogP contribution in [0, 0.1) is 11.3 Å². The van der Waals surface area contributed by atoms with Crippen LogP contribution >= 0.6 is 0 Å². The van der Waals surface area contributed by atoms with E-state index in [1.54, 1.807) is 12.1 Å². The third kappa shape index (κ3) is 7.92. The minimum absolute atomic E-state index is 0.331. The molecular weight excluding hydrogens is 422 g/mol. The maximum Gasteiger partial charge on any atom is 0.339 e. The van der Waals surface area contributed by atoms with Crippen molar-refractivity contribution < 1.29 is 14.3 Å². The van der Waals surface area contributed by atoms with Crippen LogP contribution in [0.3, 0.4) is 0 Å². The van der Waals surface area contributed by atoms with Crippen LogP contribution in [0.15, 0.2) is 72.8 Å². The molecule has 1 unspecified atom stereocenters. The summed E-state index contributed by atoms with van der Waals surface area (Å²) in [6.07, 6.45) is 17.4. The lowest BCUT2D eigenvalue weighted by Gasteiger charge is -2.31. The van der Waals surface area contributed by atoms with Crippen LogP contribution in [-0.4, -0.2) is 18.2 Å². The van der Waals surface area contributed by atoms with Crippen molar-refractivity contribution in [3.05, 3.63) is 89.5 Å². The highest BCUT2D eigenvalue weighted by molar-refractivity contribution is 5.90. The number of carbonyl (C=O) groups is 1. The van der Waals surface area contributed by atoms with E-state index in [1.807, 2.05) is 60.7 Å². The molecule has 3 rings (SSSR count). The highest BCUT2D eigenvalue weighted by Gasteiger charge is 2.31. The van der Waals surface area contributed by atoms with Crippen molar-refractivity contribution >= 4 is 5.97 Å². The smallest absolute Gasteiger partial charge is 0.339 e. The number of aryl methyl sites for hydroxylation is 1. The molecule has 1 aliphatic carbocycles. The molecule has 2 aromatic rings.